The lowest BCUT2D eigenvalue weighted by molar-refractivity contribution is -0.171. The van der Waals surface area contributed by atoms with Gasteiger partial charge < -0.3 is 43.7 Å². The molecule has 5 rings (SSSR count). The molecule has 1 aromatic heterocycles. The Hall–Kier alpha value is -6.74. The number of benzene rings is 4. The van der Waals surface area contributed by atoms with Gasteiger partial charge in [0.25, 0.3) is 11.8 Å². The average molecular weight is 939 g/mol. The van der Waals surface area contributed by atoms with E-state index in [1.54, 1.807) is 57.2 Å². The Kier molecular flexibility index (Phi) is 19.8. The van der Waals surface area contributed by atoms with Crippen LogP contribution in [0.4, 0.5) is 0 Å². The summed E-state index contributed by atoms with van der Waals surface area (Å²) in [5.74, 6) is -2.15. The molecule has 0 aliphatic heterocycles. The van der Waals surface area contributed by atoms with Gasteiger partial charge in [-0.15, -0.1) is 0 Å². The first-order valence-electron chi connectivity index (χ1n) is 22.2. The van der Waals surface area contributed by atoms with E-state index in [-0.39, 0.29) is 49.1 Å². The number of methoxy groups -OCH3 is 1. The number of rotatable bonds is 27. The van der Waals surface area contributed by atoms with Gasteiger partial charge in [0.05, 0.1) is 56.7 Å². The standard InChI is InChI=1S/C50H59N4O12P/c1-6-9-12-21-41(43(7-2)54(34-55)66-50(59)40-25-23-39(61-5)28-35(40)4)47(56)51-32-52-49(58)45-27-26-44(65-45)38-22-24-42(46(29-38)62-8-3)48(57)53-33-67(60,63-30-36-17-13-10-14-18-36)64-31-37-19-15-11-16-20-37/h10-11,13-20,22-29,34,41,43H,6-9,12,21,30-33H2,1-5H3,(H,51,56)(H,52,58)(H,53,57)/t41-,43-/m1/s1. The molecular formula is C50H59N4O12P. The molecule has 1 heterocycles. The molecule has 0 spiro atoms. The quantitative estimate of drug-likeness (QED) is 0.0149. The second-order valence-corrected chi connectivity index (χ2v) is 17.5. The number of ether oxygens (including phenoxy) is 2. The lowest BCUT2D eigenvalue weighted by Gasteiger charge is -2.32. The van der Waals surface area contributed by atoms with Gasteiger partial charge in [0.1, 0.15) is 23.5 Å². The molecule has 0 fully saturated rings. The third-order valence-electron chi connectivity index (χ3n) is 10.7. The van der Waals surface area contributed by atoms with Crippen LogP contribution >= 0.6 is 7.60 Å². The minimum Gasteiger partial charge on any atom is -0.497 e. The fraction of sp³-hybridized carbons (Fsp3) is 0.340. The number of aryl methyl sites for hydroxylation is 1. The molecule has 4 aromatic carbocycles. The highest BCUT2D eigenvalue weighted by Crippen LogP contribution is 2.49. The molecular weight excluding hydrogens is 880 g/mol. The predicted octanol–water partition coefficient (Wildman–Crippen LogP) is 8.99. The number of carbonyl (C=O) groups excluding carboxylic acids is 5. The van der Waals surface area contributed by atoms with Crippen LogP contribution in [0.1, 0.15) is 101 Å². The van der Waals surface area contributed by atoms with Crippen LogP contribution < -0.4 is 25.4 Å². The van der Waals surface area contributed by atoms with Gasteiger partial charge in [-0.3, -0.25) is 23.7 Å². The van der Waals surface area contributed by atoms with Crippen molar-refractivity contribution in [2.45, 2.75) is 79.1 Å². The molecule has 0 unspecified atom stereocenters. The summed E-state index contributed by atoms with van der Waals surface area (Å²) in [5, 5.41) is 8.97. The van der Waals surface area contributed by atoms with E-state index in [0.717, 1.165) is 29.0 Å². The number of hydroxylamine groups is 2. The van der Waals surface area contributed by atoms with Crippen molar-refractivity contribution in [2.75, 3.05) is 26.7 Å². The van der Waals surface area contributed by atoms with Crippen LogP contribution in [0.3, 0.4) is 0 Å². The van der Waals surface area contributed by atoms with Crippen molar-refractivity contribution in [1.82, 2.24) is 21.0 Å². The third kappa shape index (κ3) is 14.9. The largest absolute Gasteiger partial charge is 0.497 e. The monoisotopic (exact) mass is 938 g/mol. The summed E-state index contributed by atoms with van der Waals surface area (Å²) in [5.41, 5.74) is 3.05. The predicted molar refractivity (Wildman–Crippen MR) is 251 cm³/mol. The highest BCUT2D eigenvalue weighted by molar-refractivity contribution is 7.53. The zero-order valence-corrected chi connectivity index (χ0v) is 39.4. The molecule has 0 saturated heterocycles. The van der Waals surface area contributed by atoms with Crippen LogP contribution in [0.5, 0.6) is 11.5 Å². The number of amides is 4. The van der Waals surface area contributed by atoms with Crippen LogP contribution in [0.15, 0.2) is 114 Å². The Morgan fingerprint density at radius 3 is 2.04 bits per heavy atom. The van der Waals surface area contributed by atoms with Crippen molar-refractivity contribution in [1.29, 1.82) is 0 Å². The van der Waals surface area contributed by atoms with Crippen molar-refractivity contribution in [3.05, 3.63) is 143 Å². The van der Waals surface area contributed by atoms with E-state index in [4.69, 9.17) is 27.8 Å². The summed E-state index contributed by atoms with van der Waals surface area (Å²) in [6.07, 6.45) is 3.09. The van der Waals surface area contributed by atoms with Crippen molar-refractivity contribution < 1.29 is 56.3 Å². The lowest BCUT2D eigenvalue weighted by atomic mass is 9.90. The Morgan fingerprint density at radius 2 is 1.45 bits per heavy atom. The molecule has 0 aliphatic rings. The second kappa shape index (κ2) is 25.8. The van der Waals surface area contributed by atoms with Gasteiger partial charge in [-0.1, -0.05) is 99.8 Å². The summed E-state index contributed by atoms with van der Waals surface area (Å²) in [4.78, 5) is 71.6. The van der Waals surface area contributed by atoms with E-state index in [9.17, 15) is 28.5 Å². The Labute approximate surface area is 391 Å². The van der Waals surface area contributed by atoms with Gasteiger partial charge in [-0.05, 0) is 85.8 Å². The Balaban J connectivity index is 1.21. The molecule has 17 heteroatoms. The summed E-state index contributed by atoms with van der Waals surface area (Å²) in [6, 6.07) is 30.3. The molecule has 356 valence electrons. The van der Waals surface area contributed by atoms with Gasteiger partial charge in [-0.25, -0.2) is 4.79 Å². The summed E-state index contributed by atoms with van der Waals surface area (Å²) in [6.45, 7) is 7.27. The Bertz CT molecular complexity index is 2420. The molecule has 16 nitrogen and oxygen atoms in total. The van der Waals surface area contributed by atoms with Gasteiger partial charge in [-0.2, -0.15) is 5.06 Å². The fourth-order valence-corrected chi connectivity index (χ4v) is 8.41. The van der Waals surface area contributed by atoms with Crippen LogP contribution in [-0.2, 0) is 41.3 Å². The summed E-state index contributed by atoms with van der Waals surface area (Å²) >= 11 is 0. The van der Waals surface area contributed by atoms with E-state index < -0.39 is 49.5 Å². The van der Waals surface area contributed by atoms with E-state index in [1.165, 1.54) is 19.2 Å². The minimum atomic E-state index is -3.86. The van der Waals surface area contributed by atoms with Crippen LogP contribution in [0.2, 0.25) is 0 Å². The summed E-state index contributed by atoms with van der Waals surface area (Å²) < 4.78 is 42.6. The van der Waals surface area contributed by atoms with Gasteiger partial charge in [0.2, 0.25) is 12.3 Å². The van der Waals surface area contributed by atoms with Crippen LogP contribution in [0.25, 0.3) is 11.3 Å². The highest BCUT2D eigenvalue weighted by atomic mass is 31.2. The molecule has 3 N–H and O–H groups in total. The first-order valence-corrected chi connectivity index (χ1v) is 23.9. The van der Waals surface area contributed by atoms with E-state index in [2.05, 4.69) is 16.0 Å². The molecule has 0 bridgehead atoms. The van der Waals surface area contributed by atoms with E-state index in [0.29, 0.717) is 48.3 Å². The van der Waals surface area contributed by atoms with Crippen molar-refractivity contribution in [3.63, 3.8) is 0 Å². The maximum atomic E-state index is 14.0. The van der Waals surface area contributed by atoms with Gasteiger partial charge in [0, 0.05) is 5.56 Å². The number of unbranched alkanes of at least 4 members (excludes halogenated alkanes) is 2. The van der Waals surface area contributed by atoms with E-state index in [1.807, 2.05) is 67.6 Å². The van der Waals surface area contributed by atoms with Crippen LogP contribution in [-0.4, -0.2) is 67.9 Å². The summed E-state index contributed by atoms with van der Waals surface area (Å²) in [7, 11) is -2.34. The first kappa shape index (κ1) is 51.2. The number of furan rings is 1. The smallest absolute Gasteiger partial charge is 0.363 e. The zero-order valence-electron chi connectivity index (χ0n) is 38.5. The van der Waals surface area contributed by atoms with Gasteiger partial charge >= 0.3 is 13.6 Å². The number of nitrogens with zero attached hydrogens (tertiary/aromatic N) is 1. The molecule has 67 heavy (non-hydrogen) atoms. The van der Waals surface area contributed by atoms with Gasteiger partial charge in [0.15, 0.2) is 5.76 Å². The van der Waals surface area contributed by atoms with Crippen molar-refractivity contribution >= 4 is 37.7 Å². The zero-order chi connectivity index (χ0) is 48.2. The van der Waals surface area contributed by atoms with Crippen molar-refractivity contribution in [2.24, 2.45) is 5.92 Å². The third-order valence-corrected chi connectivity index (χ3v) is 12.3. The molecule has 0 saturated carbocycles. The Morgan fingerprint density at radius 1 is 0.776 bits per heavy atom. The minimum absolute atomic E-state index is 0.00660. The second-order valence-electron chi connectivity index (χ2n) is 15.4. The molecule has 0 aliphatic carbocycles. The maximum absolute atomic E-state index is 14.0. The molecule has 0 radical (unpaired) electrons. The topological polar surface area (TPSA) is 201 Å². The van der Waals surface area contributed by atoms with E-state index >= 15 is 0 Å². The number of hydrogen-bond donors (Lipinski definition) is 3. The SMILES string of the molecule is CCCCC[C@@H](C(=O)NCNC(=O)c1ccc(-c2ccc(C(=O)NCP(=O)(OCc3ccccc3)OCc3ccccc3)c(OCC)c2)o1)[C@@H](CC)N(C=O)OC(=O)c1ccc(OC)cc1C. The number of carbonyl (C=O) groups is 5. The molecule has 2 atom stereocenters. The van der Waals surface area contributed by atoms with Crippen LogP contribution in [0, 0.1) is 12.8 Å². The first-order chi connectivity index (χ1) is 32.4. The highest BCUT2D eigenvalue weighted by Gasteiger charge is 2.34. The maximum Gasteiger partial charge on any atom is 0.363 e. The number of nitrogens with one attached hydrogen (secondary N) is 3. The molecule has 5 aromatic rings. The normalized spacial score (nSPS) is 12.0. The van der Waals surface area contributed by atoms with Crippen molar-refractivity contribution in [3.8, 4) is 22.8 Å². The average Bonchev–Trinajstić information content (AvgIpc) is 3.85. The fourth-order valence-electron chi connectivity index (χ4n) is 7.13. The lowest BCUT2D eigenvalue weighted by Crippen LogP contribution is -2.49. The molecule has 4 amide bonds. The number of hydrogen-bond acceptors (Lipinski definition) is 12.